The fourth-order valence-electron chi connectivity index (χ4n) is 3.65. The highest BCUT2D eigenvalue weighted by molar-refractivity contribution is 9.10. The third-order valence-electron chi connectivity index (χ3n) is 5.05. The highest BCUT2D eigenvalue weighted by Gasteiger charge is 2.46. The van der Waals surface area contributed by atoms with Gasteiger partial charge in [-0.1, -0.05) is 12.1 Å². The Morgan fingerprint density at radius 3 is 2.53 bits per heavy atom. The summed E-state index contributed by atoms with van der Waals surface area (Å²) in [7, 11) is 3.06. The summed E-state index contributed by atoms with van der Waals surface area (Å²) in [6, 6.07) is 11.4. The van der Waals surface area contributed by atoms with Crippen LogP contribution < -0.4 is 9.47 Å². The molecule has 0 aromatic heterocycles. The second-order valence-corrected chi connectivity index (χ2v) is 8.43. The van der Waals surface area contributed by atoms with Crippen LogP contribution in [-0.4, -0.2) is 55.2 Å². The van der Waals surface area contributed by atoms with E-state index in [9.17, 15) is 14.7 Å². The number of likely N-dealkylation sites (tertiary alicyclic amines) is 1. The number of hydrogen-bond acceptors (Lipinski definition) is 6. The number of carbonyl (C=O) groups excluding carboxylic acids is 2. The van der Waals surface area contributed by atoms with Crippen molar-refractivity contribution in [1.82, 2.24) is 4.90 Å². The van der Waals surface area contributed by atoms with Gasteiger partial charge >= 0.3 is 0 Å². The molecule has 7 nitrogen and oxygen atoms in total. The van der Waals surface area contributed by atoms with Crippen molar-refractivity contribution in [2.24, 2.45) is 0 Å². The first kappa shape index (κ1) is 23.8. The number of aliphatic hydroxyl groups excluding tert-OH is 1. The first-order valence-electron chi connectivity index (χ1n) is 10.2. The van der Waals surface area contributed by atoms with E-state index in [4.69, 9.17) is 14.2 Å². The van der Waals surface area contributed by atoms with Gasteiger partial charge in [-0.05, 0) is 65.7 Å². The number of amides is 1. The molecule has 0 aliphatic carbocycles. The van der Waals surface area contributed by atoms with E-state index >= 15 is 0 Å². The number of Topliss-reactive ketones (excluding diaryl/α,β-unsaturated/α-hetero) is 1. The number of hydrogen-bond donors (Lipinski definition) is 1. The van der Waals surface area contributed by atoms with Gasteiger partial charge in [-0.25, -0.2) is 0 Å². The van der Waals surface area contributed by atoms with E-state index in [1.54, 1.807) is 36.4 Å². The highest BCUT2D eigenvalue weighted by Crippen LogP contribution is 2.41. The van der Waals surface area contributed by atoms with E-state index in [0.717, 1.165) is 0 Å². The molecule has 3 rings (SSSR count). The molecule has 32 heavy (non-hydrogen) atoms. The van der Waals surface area contributed by atoms with E-state index < -0.39 is 17.7 Å². The maximum atomic E-state index is 13.0. The van der Waals surface area contributed by atoms with Crippen LogP contribution >= 0.6 is 15.9 Å². The molecule has 1 heterocycles. The van der Waals surface area contributed by atoms with Crippen LogP contribution in [-0.2, 0) is 14.3 Å². The number of halogens is 1. The van der Waals surface area contributed by atoms with E-state index in [-0.39, 0.29) is 30.6 Å². The van der Waals surface area contributed by atoms with Gasteiger partial charge in [0.25, 0.3) is 11.7 Å². The Morgan fingerprint density at radius 2 is 1.91 bits per heavy atom. The van der Waals surface area contributed by atoms with Crippen molar-refractivity contribution < 1.29 is 28.9 Å². The fraction of sp³-hybridized carbons (Fsp3) is 0.333. The zero-order valence-electron chi connectivity index (χ0n) is 18.4. The van der Waals surface area contributed by atoms with E-state index in [0.29, 0.717) is 27.1 Å². The normalized spacial score (nSPS) is 17.8. The maximum absolute atomic E-state index is 13.0. The third kappa shape index (κ3) is 4.81. The number of aliphatic hydroxyl groups is 1. The topological polar surface area (TPSA) is 85.3 Å². The molecule has 1 fully saturated rings. The van der Waals surface area contributed by atoms with Gasteiger partial charge in [-0.3, -0.25) is 9.59 Å². The van der Waals surface area contributed by atoms with Crippen LogP contribution in [0.4, 0.5) is 0 Å². The monoisotopic (exact) mass is 503 g/mol. The summed E-state index contributed by atoms with van der Waals surface area (Å²) in [5, 5.41) is 11.1. The van der Waals surface area contributed by atoms with Crippen molar-refractivity contribution in [3.63, 3.8) is 0 Å². The molecule has 170 valence electrons. The standard InChI is InChI=1S/C24H26BrNO6/c1-14(2)32-17-7-5-6-15(12-17)21-20(23(28)24(29)26(21)10-11-30-3)22(27)16-8-9-19(31-4)18(25)13-16/h5-9,12-14,21,27H,10-11H2,1-4H3/b22-20+. The molecule has 1 N–H and O–H groups in total. The molecule has 1 aliphatic rings. The second kappa shape index (κ2) is 10.2. The van der Waals surface area contributed by atoms with Gasteiger partial charge in [-0.15, -0.1) is 0 Å². The van der Waals surface area contributed by atoms with Crippen LogP contribution in [0.25, 0.3) is 5.76 Å². The third-order valence-corrected chi connectivity index (χ3v) is 5.67. The van der Waals surface area contributed by atoms with Gasteiger partial charge in [0.2, 0.25) is 0 Å². The van der Waals surface area contributed by atoms with Crippen LogP contribution in [0.1, 0.15) is 31.0 Å². The molecular weight excluding hydrogens is 478 g/mol. The number of methoxy groups -OCH3 is 2. The van der Waals surface area contributed by atoms with Crippen molar-refractivity contribution in [2.45, 2.75) is 26.0 Å². The Labute approximate surface area is 195 Å². The minimum Gasteiger partial charge on any atom is -0.507 e. The quantitative estimate of drug-likeness (QED) is 0.328. The predicted octanol–water partition coefficient (Wildman–Crippen LogP) is 4.31. The number of ketones is 1. The smallest absolute Gasteiger partial charge is 0.295 e. The molecule has 8 heteroatoms. The molecule has 1 aliphatic heterocycles. The maximum Gasteiger partial charge on any atom is 0.295 e. The van der Waals surface area contributed by atoms with E-state index in [1.165, 1.54) is 19.1 Å². The van der Waals surface area contributed by atoms with Crippen LogP contribution in [0.5, 0.6) is 11.5 Å². The molecule has 2 aromatic rings. The van der Waals surface area contributed by atoms with Gasteiger partial charge in [0.15, 0.2) is 0 Å². The lowest BCUT2D eigenvalue weighted by atomic mass is 9.95. The Morgan fingerprint density at radius 1 is 1.16 bits per heavy atom. The molecule has 1 atom stereocenters. The summed E-state index contributed by atoms with van der Waals surface area (Å²) in [4.78, 5) is 27.3. The van der Waals surface area contributed by atoms with Crippen molar-refractivity contribution in [3.8, 4) is 11.5 Å². The zero-order valence-corrected chi connectivity index (χ0v) is 20.0. The SMILES string of the molecule is COCCN1C(=O)C(=O)/C(=C(/O)c2ccc(OC)c(Br)c2)C1c1cccc(OC(C)C)c1. The summed E-state index contributed by atoms with van der Waals surface area (Å²) in [5.74, 6) is -0.493. The molecule has 2 aromatic carbocycles. The number of benzene rings is 2. The van der Waals surface area contributed by atoms with Gasteiger partial charge in [0.1, 0.15) is 17.3 Å². The average Bonchev–Trinajstić information content (AvgIpc) is 3.01. The average molecular weight is 504 g/mol. The first-order chi connectivity index (χ1) is 15.3. The minimum atomic E-state index is -0.776. The molecule has 1 saturated heterocycles. The van der Waals surface area contributed by atoms with Crippen molar-refractivity contribution in [2.75, 3.05) is 27.4 Å². The zero-order chi connectivity index (χ0) is 23.4. The first-order valence-corrected chi connectivity index (χ1v) is 11.0. The van der Waals surface area contributed by atoms with Crippen LogP contribution in [0, 0.1) is 0 Å². The molecule has 0 saturated carbocycles. The van der Waals surface area contributed by atoms with E-state index in [1.807, 2.05) is 19.9 Å². The Balaban J connectivity index is 2.15. The largest absolute Gasteiger partial charge is 0.507 e. The van der Waals surface area contributed by atoms with Crippen LogP contribution in [0.3, 0.4) is 0 Å². The number of nitrogens with zero attached hydrogens (tertiary/aromatic N) is 1. The van der Waals surface area contributed by atoms with Gasteiger partial charge < -0.3 is 24.2 Å². The summed E-state index contributed by atoms with van der Waals surface area (Å²) in [5.41, 5.74) is 1.07. The summed E-state index contributed by atoms with van der Waals surface area (Å²) in [6.07, 6.45) is -0.0400. The molecule has 0 spiro atoms. The Hall–Kier alpha value is -2.84. The minimum absolute atomic E-state index is 0.0184. The Kier molecular flexibility index (Phi) is 7.58. The van der Waals surface area contributed by atoms with Crippen LogP contribution in [0.15, 0.2) is 52.5 Å². The highest BCUT2D eigenvalue weighted by atomic mass is 79.9. The molecule has 1 unspecified atom stereocenters. The van der Waals surface area contributed by atoms with Crippen molar-refractivity contribution in [1.29, 1.82) is 0 Å². The van der Waals surface area contributed by atoms with Crippen molar-refractivity contribution in [3.05, 3.63) is 63.6 Å². The lowest BCUT2D eigenvalue weighted by Gasteiger charge is -2.25. The van der Waals surface area contributed by atoms with Gasteiger partial charge in [0, 0.05) is 19.2 Å². The molecular formula is C24H26BrNO6. The lowest BCUT2D eigenvalue weighted by molar-refractivity contribution is -0.140. The fourth-order valence-corrected chi connectivity index (χ4v) is 4.19. The summed E-state index contributed by atoms with van der Waals surface area (Å²) >= 11 is 3.40. The van der Waals surface area contributed by atoms with Gasteiger partial charge in [0.05, 0.1) is 35.9 Å². The molecule has 0 bridgehead atoms. The molecule has 1 amide bonds. The van der Waals surface area contributed by atoms with Gasteiger partial charge in [-0.2, -0.15) is 0 Å². The summed E-state index contributed by atoms with van der Waals surface area (Å²) in [6.45, 7) is 4.28. The Bertz CT molecular complexity index is 1050. The lowest BCUT2D eigenvalue weighted by Crippen LogP contribution is -2.32. The van der Waals surface area contributed by atoms with E-state index in [2.05, 4.69) is 15.9 Å². The second-order valence-electron chi connectivity index (χ2n) is 7.57. The van der Waals surface area contributed by atoms with Crippen molar-refractivity contribution >= 4 is 33.4 Å². The molecule has 0 radical (unpaired) electrons. The number of carbonyl (C=O) groups is 2. The van der Waals surface area contributed by atoms with Crippen LogP contribution in [0.2, 0.25) is 0 Å². The summed E-state index contributed by atoms with van der Waals surface area (Å²) < 4.78 is 16.8. The predicted molar refractivity (Wildman–Crippen MR) is 124 cm³/mol. The number of ether oxygens (including phenoxy) is 3. The number of rotatable bonds is 8.